The summed E-state index contributed by atoms with van der Waals surface area (Å²) in [5.74, 6) is -1.55. The Morgan fingerprint density at radius 3 is 2.77 bits per heavy atom. The molecule has 0 radical (unpaired) electrons. The number of anilines is 2. The summed E-state index contributed by atoms with van der Waals surface area (Å²) in [5, 5.41) is 15.9. The number of carboxylic acid groups (broad SMARTS) is 1. The maximum Gasteiger partial charge on any atom is 0.356 e. The van der Waals surface area contributed by atoms with Gasteiger partial charge in [0.2, 0.25) is 0 Å². The summed E-state index contributed by atoms with van der Waals surface area (Å²) in [7, 11) is 0. The molecule has 0 aliphatic carbocycles. The van der Waals surface area contributed by atoms with Crippen LogP contribution in [-0.4, -0.2) is 25.7 Å². The Labute approximate surface area is 133 Å². The minimum absolute atomic E-state index is 0.0279. The molecular formula is C13H7Cl2FN4O2. The van der Waals surface area contributed by atoms with Gasteiger partial charge in [0.15, 0.2) is 11.3 Å². The molecular weight excluding hydrogens is 334 g/mol. The minimum Gasteiger partial charge on any atom is -0.476 e. The van der Waals surface area contributed by atoms with Gasteiger partial charge in [-0.15, -0.1) is 0 Å². The van der Waals surface area contributed by atoms with Gasteiger partial charge >= 0.3 is 5.97 Å². The first-order valence-electron chi connectivity index (χ1n) is 5.96. The van der Waals surface area contributed by atoms with E-state index in [1.54, 1.807) is 0 Å². The molecule has 1 aromatic carbocycles. The van der Waals surface area contributed by atoms with Gasteiger partial charge in [-0.25, -0.2) is 14.2 Å². The van der Waals surface area contributed by atoms with Gasteiger partial charge in [0, 0.05) is 12.1 Å². The second-order valence-corrected chi connectivity index (χ2v) is 5.08. The van der Waals surface area contributed by atoms with E-state index in [4.69, 9.17) is 28.3 Å². The first-order valence-corrected chi connectivity index (χ1v) is 6.72. The zero-order valence-corrected chi connectivity index (χ0v) is 12.2. The number of carbonyl (C=O) groups is 1. The van der Waals surface area contributed by atoms with E-state index >= 15 is 0 Å². The fourth-order valence-corrected chi connectivity index (χ4v) is 2.28. The van der Waals surface area contributed by atoms with Crippen molar-refractivity contribution in [3.05, 3.63) is 52.0 Å². The normalized spacial score (nSPS) is 10.9. The second kappa shape index (κ2) is 5.43. The summed E-state index contributed by atoms with van der Waals surface area (Å²) in [6.07, 6.45) is 0. The maximum absolute atomic E-state index is 13.9. The third kappa shape index (κ3) is 2.56. The van der Waals surface area contributed by atoms with Crippen LogP contribution in [0.4, 0.5) is 15.9 Å². The fraction of sp³-hybridized carbons (Fsp3) is 0. The van der Waals surface area contributed by atoms with Crippen molar-refractivity contribution in [1.29, 1.82) is 0 Å². The van der Waals surface area contributed by atoms with Crippen LogP contribution in [0.2, 0.25) is 10.2 Å². The standard InChI is InChI=1S/C13H7Cl2FN4O2/c14-6-2-1-3-7(16)12(6)18-11-5-9(15)17-10-4-8(13(21)22)19-20(10)11/h1-5,18H,(H,21,22). The van der Waals surface area contributed by atoms with E-state index in [9.17, 15) is 9.18 Å². The number of aromatic nitrogens is 3. The molecule has 3 aromatic rings. The number of fused-ring (bicyclic) bond motifs is 1. The third-order valence-electron chi connectivity index (χ3n) is 2.83. The van der Waals surface area contributed by atoms with Crippen molar-refractivity contribution < 1.29 is 14.3 Å². The summed E-state index contributed by atoms with van der Waals surface area (Å²) in [6.45, 7) is 0. The number of nitrogens with zero attached hydrogens (tertiary/aromatic N) is 3. The monoisotopic (exact) mass is 340 g/mol. The first kappa shape index (κ1) is 14.6. The lowest BCUT2D eigenvalue weighted by molar-refractivity contribution is 0.0690. The van der Waals surface area contributed by atoms with Crippen molar-refractivity contribution in [2.75, 3.05) is 5.32 Å². The van der Waals surface area contributed by atoms with E-state index in [2.05, 4.69) is 15.4 Å². The molecule has 9 heteroatoms. The molecule has 0 atom stereocenters. The predicted molar refractivity (Wildman–Crippen MR) is 79.6 cm³/mol. The number of hydrogen-bond donors (Lipinski definition) is 2. The molecule has 112 valence electrons. The van der Waals surface area contributed by atoms with E-state index in [1.165, 1.54) is 34.8 Å². The number of benzene rings is 1. The number of nitrogens with one attached hydrogen (secondary N) is 1. The van der Waals surface area contributed by atoms with Gasteiger partial charge in [-0.2, -0.15) is 9.61 Å². The van der Waals surface area contributed by atoms with E-state index < -0.39 is 11.8 Å². The van der Waals surface area contributed by atoms with Crippen molar-refractivity contribution >= 4 is 46.3 Å². The lowest BCUT2D eigenvalue weighted by Gasteiger charge is -2.11. The molecule has 3 rings (SSSR count). The van der Waals surface area contributed by atoms with Crippen molar-refractivity contribution in [3.8, 4) is 0 Å². The maximum atomic E-state index is 13.9. The van der Waals surface area contributed by atoms with Crippen molar-refractivity contribution in [1.82, 2.24) is 14.6 Å². The Bertz CT molecular complexity index is 877. The average molecular weight is 341 g/mol. The van der Waals surface area contributed by atoms with Crippen molar-refractivity contribution in [2.45, 2.75) is 0 Å². The number of rotatable bonds is 3. The highest BCUT2D eigenvalue weighted by molar-refractivity contribution is 6.33. The Hall–Kier alpha value is -2.38. The lowest BCUT2D eigenvalue weighted by atomic mass is 10.3. The molecule has 0 aliphatic rings. The van der Waals surface area contributed by atoms with Crippen LogP contribution in [0.5, 0.6) is 0 Å². The van der Waals surface area contributed by atoms with Crippen LogP contribution in [0.25, 0.3) is 5.65 Å². The van der Waals surface area contributed by atoms with E-state index in [0.717, 1.165) is 0 Å². The summed E-state index contributed by atoms with van der Waals surface area (Å²) < 4.78 is 15.1. The Balaban J connectivity index is 2.16. The van der Waals surface area contributed by atoms with Gasteiger partial charge < -0.3 is 10.4 Å². The quantitative estimate of drug-likeness (QED) is 0.712. The van der Waals surface area contributed by atoms with Crippen LogP contribution in [0.15, 0.2) is 30.3 Å². The largest absolute Gasteiger partial charge is 0.476 e. The van der Waals surface area contributed by atoms with Crippen molar-refractivity contribution in [3.63, 3.8) is 0 Å². The highest BCUT2D eigenvalue weighted by Crippen LogP contribution is 2.29. The minimum atomic E-state index is -1.21. The smallest absolute Gasteiger partial charge is 0.356 e. The number of aromatic carboxylic acids is 1. The topological polar surface area (TPSA) is 79.5 Å². The Morgan fingerprint density at radius 1 is 1.32 bits per heavy atom. The lowest BCUT2D eigenvalue weighted by Crippen LogP contribution is -2.04. The molecule has 0 saturated heterocycles. The molecule has 0 aliphatic heterocycles. The van der Waals surface area contributed by atoms with Crippen LogP contribution in [0.1, 0.15) is 10.5 Å². The van der Waals surface area contributed by atoms with Gasteiger partial charge in [-0.3, -0.25) is 0 Å². The molecule has 0 unspecified atom stereocenters. The average Bonchev–Trinajstić information content (AvgIpc) is 2.87. The molecule has 6 nitrogen and oxygen atoms in total. The van der Waals surface area contributed by atoms with Crippen LogP contribution in [-0.2, 0) is 0 Å². The van der Waals surface area contributed by atoms with E-state index in [0.29, 0.717) is 0 Å². The Morgan fingerprint density at radius 2 is 2.09 bits per heavy atom. The molecule has 2 aromatic heterocycles. The molecule has 2 heterocycles. The van der Waals surface area contributed by atoms with Crippen LogP contribution in [0, 0.1) is 5.82 Å². The highest BCUT2D eigenvalue weighted by atomic mass is 35.5. The summed E-state index contributed by atoms with van der Waals surface area (Å²) in [5.41, 5.74) is 0.0254. The molecule has 0 fully saturated rings. The van der Waals surface area contributed by atoms with Gasteiger partial charge in [-0.05, 0) is 12.1 Å². The van der Waals surface area contributed by atoms with E-state index in [1.807, 2.05) is 0 Å². The van der Waals surface area contributed by atoms with Gasteiger partial charge in [0.1, 0.15) is 16.8 Å². The highest BCUT2D eigenvalue weighted by Gasteiger charge is 2.15. The van der Waals surface area contributed by atoms with E-state index in [-0.39, 0.29) is 33.0 Å². The molecule has 0 amide bonds. The number of para-hydroxylation sites is 1. The summed E-state index contributed by atoms with van der Waals surface area (Å²) in [6, 6.07) is 6.85. The number of carboxylic acids is 1. The summed E-state index contributed by atoms with van der Waals surface area (Å²) >= 11 is 11.8. The second-order valence-electron chi connectivity index (χ2n) is 4.29. The van der Waals surface area contributed by atoms with Crippen LogP contribution in [0.3, 0.4) is 0 Å². The van der Waals surface area contributed by atoms with Crippen LogP contribution >= 0.6 is 23.2 Å². The molecule has 2 N–H and O–H groups in total. The van der Waals surface area contributed by atoms with Crippen molar-refractivity contribution in [2.24, 2.45) is 0 Å². The predicted octanol–water partition coefficient (Wildman–Crippen LogP) is 3.62. The third-order valence-corrected chi connectivity index (χ3v) is 3.34. The zero-order chi connectivity index (χ0) is 15.9. The number of halogens is 3. The first-order chi connectivity index (χ1) is 10.5. The van der Waals surface area contributed by atoms with Gasteiger partial charge in [0.05, 0.1) is 10.7 Å². The molecule has 0 spiro atoms. The SMILES string of the molecule is O=C(O)c1cc2nc(Cl)cc(Nc3c(F)cccc3Cl)n2n1. The number of hydrogen-bond acceptors (Lipinski definition) is 4. The molecule has 22 heavy (non-hydrogen) atoms. The Kier molecular flexibility index (Phi) is 3.59. The summed E-state index contributed by atoms with van der Waals surface area (Å²) in [4.78, 5) is 15.0. The van der Waals surface area contributed by atoms with Gasteiger partial charge in [-0.1, -0.05) is 29.3 Å². The zero-order valence-electron chi connectivity index (χ0n) is 10.7. The van der Waals surface area contributed by atoms with Gasteiger partial charge in [0.25, 0.3) is 0 Å². The molecule has 0 saturated carbocycles. The fourth-order valence-electron chi connectivity index (χ4n) is 1.88. The van der Waals surface area contributed by atoms with Crippen LogP contribution < -0.4 is 5.32 Å². The molecule has 0 bridgehead atoms.